The molecule has 35 heavy (non-hydrogen) atoms. The lowest BCUT2D eigenvalue weighted by Gasteiger charge is -2.35. The smallest absolute Gasteiger partial charge is 0.326 e. The van der Waals surface area contributed by atoms with Crippen LogP contribution in [0.25, 0.3) is 17.0 Å². The Hall–Kier alpha value is -3.98. The molecule has 2 amide bonds. The maximum Gasteiger partial charge on any atom is 0.326 e. The Morgan fingerprint density at radius 3 is 2.51 bits per heavy atom. The van der Waals surface area contributed by atoms with E-state index in [9.17, 15) is 13.6 Å². The van der Waals surface area contributed by atoms with Gasteiger partial charge >= 0.3 is 6.03 Å². The summed E-state index contributed by atoms with van der Waals surface area (Å²) in [5.74, 6) is -0.425. The van der Waals surface area contributed by atoms with Gasteiger partial charge in [-0.05, 0) is 61.2 Å². The number of amides is 2. The topological polar surface area (TPSA) is 71.3 Å². The highest BCUT2D eigenvalue weighted by molar-refractivity contribution is 7.98. The van der Waals surface area contributed by atoms with E-state index in [1.165, 1.54) is 24.3 Å². The number of urea groups is 1. The first-order valence-corrected chi connectivity index (χ1v) is 12.0. The van der Waals surface area contributed by atoms with Crippen molar-refractivity contribution in [3.8, 4) is 11.4 Å². The Balaban J connectivity index is 1.66. The fourth-order valence-electron chi connectivity index (χ4n) is 4.06. The first-order chi connectivity index (χ1) is 16.9. The zero-order chi connectivity index (χ0) is 24.5. The minimum absolute atomic E-state index is 0.169. The van der Waals surface area contributed by atoms with E-state index >= 15 is 0 Å². The average Bonchev–Trinajstić information content (AvgIpc) is 3.34. The number of thioether (sulfide) groups is 1. The number of nitrogens with zero attached hydrogens (tertiary/aromatic N) is 3. The highest BCUT2D eigenvalue weighted by Gasteiger charge is 2.36. The average molecular weight is 491 g/mol. The molecule has 1 aromatic heterocycles. The number of nitrogens with one attached hydrogen (secondary N) is 1. The van der Waals surface area contributed by atoms with Crippen LogP contribution in [0.4, 0.5) is 19.3 Å². The van der Waals surface area contributed by atoms with Gasteiger partial charge in [-0.3, -0.25) is 4.90 Å². The van der Waals surface area contributed by atoms with Crippen molar-refractivity contribution in [2.24, 2.45) is 0 Å². The number of aromatic nitrogens is 2. The number of carbonyl (C=O) groups excluding carboxylic acids is 1. The van der Waals surface area contributed by atoms with E-state index in [0.717, 1.165) is 4.90 Å². The molecule has 0 spiro atoms. The van der Waals surface area contributed by atoms with Crippen LogP contribution in [0.2, 0.25) is 0 Å². The molecular formula is C26H20F2N4O2S. The normalized spacial score (nSPS) is 15.9. The molecule has 2 heterocycles. The van der Waals surface area contributed by atoms with Gasteiger partial charge in [0, 0.05) is 16.2 Å². The van der Waals surface area contributed by atoms with Gasteiger partial charge in [-0.25, -0.2) is 13.6 Å². The molecule has 4 aromatic rings. The van der Waals surface area contributed by atoms with E-state index in [1.54, 1.807) is 47.9 Å². The molecule has 1 unspecified atom stereocenters. The summed E-state index contributed by atoms with van der Waals surface area (Å²) in [4.78, 5) is 20.3. The number of halogens is 2. The number of carbonyl (C=O) groups is 1. The lowest BCUT2D eigenvalue weighted by atomic mass is 9.94. The molecule has 1 aliphatic heterocycles. The minimum Gasteiger partial charge on any atom is -0.334 e. The zero-order valence-electron chi connectivity index (χ0n) is 18.8. The van der Waals surface area contributed by atoms with Crippen molar-refractivity contribution in [3.05, 3.63) is 102 Å². The van der Waals surface area contributed by atoms with Crippen LogP contribution in [-0.2, 0) is 0 Å². The van der Waals surface area contributed by atoms with Crippen molar-refractivity contribution in [1.82, 2.24) is 15.5 Å². The van der Waals surface area contributed by atoms with Gasteiger partial charge in [-0.2, -0.15) is 4.98 Å². The number of anilines is 1. The van der Waals surface area contributed by atoms with Crippen LogP contribution in [0, 0.1) is 11.6 Å². The molecule has 0 fully saturated rings. The second-order valence-corrected chi connectivity index (χ2v) is 8.78. The van der Waals surface area contributed by atoms with Gasteiger partial charge in [-0.15, -0.1) is 11.8 Å². The summed E-state index contributed by atoms with van der Waals surface area (Å²) in [6, 6.07) is 18.3. The maximum absolute atomic E-state index is 13.8. The van der Waals surface area contributed by atoms with Crippen molar-refractivity contribution < 1.29 is 18.1 Å². The lowest BCUT2D eigenvalue weighted by molar-refractivity contribution is 0.244. The van der Waals surface area contributed by atoms with Crippen LogP contribution in [0.3, 0.4) is 0 Å². The first kappa shape index (κ1) is 22.8. The Kier molecular flexibility index (Phi) is 6.08. The molecule has 0 bridgehead atoms. The van der Waals surface area contributed by atoms with Gasteiger partial charge in [0.2, 0.25) is 5.82 Å². The monoisotopic (exact) mass is 490 g/mol. The summed E-state index contributed by atoms with van der Waals surface area (Å²) in [5.41, 5.74) is 2.92. The van der Waals surface area contributed by atoms with E-state index in [0.29, 0.717) is 28.1 Å². The Morgan fingerprint density at radius 2 is 1.77 bits per heavy atom. The van der Waals surface area contributed by atoms with Crippen LogP contribution >= 0.6 is 11.8 Å². The second kappa shape index (κ2) is 9.34. The Labute approximate surface area is 204 Å². The van der Waals surface area contributed by atoms with Gasteiger partial charge in [0.05, 0.1) is 17.3 Å². The van der Waals surface area contributed by atoms with Crippen LogP contribution in [0.15, 0.2) is 87.9 Å². The summed E-state index contributed by atoms with van der Waals surface area (Å²) in [6.07, 6.45) is 1.96. The van der Waals surface area contributed by atoms with Crippen LogP contribution in [-0.4, -0.2) is 22.4 Å². The number of benzene rings is 3. The first-order valence-electron chi connectivity index (χ1n) is 10.8. The largest absolute Gasteiger partial charge is 0.334 e. The molecule has 0 aliphatic carbocycles. The highest BCUT2D eigenvalue weighted by atomic mass is 32.2. The zero-order valence-corrected chi connectivity index (χ0v) is 19.6. The molecule has 0 saturated carbocycles. The predicted molar refractivity (Wildman–Crippen MR) is 131 cm³/mol. The van der Waals surface area contributed by atoms with Crippen LogP contribution in [0.1, 0.15) is 24.4 Å². The molecule has 0 radical (unpaired) electrons. The number of allylic oxidation sites excluding steroid dienone is 1. The van der Waals surface area contributed by atoms with E-state index in [1.807, 2.05) is 30.5 Å². The van der Waals surface area contributed by atoms with Crippen molar-refractivity contribution in [2.75, 3.05) is 11.2 Å². The quantitative estimate of drug-likeness (QED) is 0.326. The van der Waals surface area contributed by atoms with Gasteiger partial charge in [-0.1, -0.05) is 35.5 Å². The summed E-state index contributed by atoms with van der Waals surface area (Å²) in [7, 11) is 0. The van der Waals surface area contributed by atoms with E-state index < -0.39 is 11.9 Å². The SMILES string of the molecule is CSc1cccc(N2C(=O)NC(c3ccc(F)cc3)C(c3nc(-c4cccc(F)c4)no3)=C2C)c1. The molecule has 1 atom stereocenters. The Morgan fingerprint density at radius 1 is 1.00 bits per heavy atom. The van der Waals surface area contributed by atoms with Gasteiger partial charge in [0.25, 0.3) is 5.89 Å². The summed E-state index contributed by atoms with van der Waals surface area (Å²) < 4.78 is 33.0. The summed E-state index contributed by atoms with van der Waals surface area (Å²) >= 11 is 1.57. The maximum atomic E-state index is 13.8. The summed E-state index contributed by atoms with van der Waals surface area (Å²) in [5, 5.41) is 7.03. The third kappa shape index (κ3) is 4.42. The summed E-state index contributed by atoms with van der Waals surface area (Å²) in [6.45, 7) is 1.79. The van der Waals surface area contributed by atoms with Crippen LogP contribution < -0.4 is 10.2 Å². The lowest BCUT2D eigenvalue weighted by Crippen LogP contribution is -2.46. The fourth-order valence-corrected chi connectivity index (χ4v) is 4.52. The molecule has 1 N–H and O–H groups in total. The van der Waals surface area contributed by atoms with Gasteiger partial charge < -0.3 is 9.84 Å². The molecule has 176 valence electrons. The minimum atomic E-state index is -0.663. The van der Waals surface area contributed by atoms with Crippen molar-refractivity contribution in [3.63, 3.8) is 0 Å². The fraction of sp³-hybridized carbons (Fsp3) is 0.115. The molecule has 3 aromatic carbocycles. The third-order valence-electron chi connectivity index (χ3n) is 5.74. The molecule has 5 rings (SSSR count). The van der Waals surface area contributed by atoms with Gasteiger partial charge in [0.15, 0.2) is 0 Å². The van der Waals surface area contributed by atoms with Crippen molar-refractivity contribution in [1.29, 1.82) is 0 Å². The van der Waals surface area contributed by atoms with Crippen molar-refractivity contribution in [2.45, 2.75) is 17.9 Å². The van der Waals surface area contributed by atoms with Gasteiger partial charge in [0.1, 0.15) is 11.6 Å². The molecule has 0 saturated heterocycles. The van der Waals surface area contributed by atoms with E-state index in [2.05, 4.69) is 15.5 Å². The molecular weight excluding hydrogens is 470 g/mol. The van der Waals surface area contributed by atoms with Crippen LogP contribution in [0.5, 0.6) is 0 Å². The third-order valence-corrected chi connectivity index (χ3v) is 6.46. The van der Waals surface area contributed by atoms with E-state index in [-0.39, 0.29) is 23.6 Å². The number of hydrogen-bond donors (Lipinski definition) is 1. The predicted octanol–water partition coefficient (Wildman–Crippen LogP) is 6.44. The van der Waals surface area contributed by atoms with E-state index in [4.69, 9.17) is 4.52 Å². The van der Waals surface area contributed by atoms with Crippen molar-refractivity contribution >= 4 is 29.1 Å². The number of hydrogen-bond acceptors (Lipinski definition) is 5. The Bertz CT molecular complexity index is 1440. The second-order valence-electron chi connectivity index (χ2n) is 7.90. The molecule has 9 heteroatoms. The molecule has 1 aliphatic rings. The molecule has 6 nitrogen and oxygen atoms in total. The standard InChI is InChI=1S/C26H20F2N4O2S/c1-15-22(25-30-24(31-34-25)17-5-3-6-19(28)13-17)23(16-9-11-18(27)12-10-16)29-26(33)32(15)20-7-4-8-21(14-20)35-2/h3-14,23H,1-2H3,(H,29,33). The highest BCUT2D eigenvalue weighted by Crippen LogP contribution is 2.39. The number of rotatable bonds is 5.